The molecule has 0 aliphatic heterocycles. The molecule has 1 unspecified atom stereocenters. The highest BCUT2D eigenvalue weighted by Crippen LogP contribution is 2.27. The second-order valence-electron chi connectivity index (χ2n) is 5.78. The maximum atomic E-state index is 11.8. The van der Waals surface area contributed by atoms with Gasteiger partial charge in [0.25, 0.3) is 0 Å². The van der Waals surface area contributed by atoms with Crippen LogP contribution in [0.15, 0.2) is 30.3 Å². The van der Waals surface area contributed by atoms with E-state index in [-0.39, 0.29) is 5.97 Å². The number of rotatable bonds is 6. The summed E-state index contributed by atoms with van der Waals surface area (Å²) in [6.45, 7) is 0.316. The second kappa shape index (κ2) is 8.05. The molecular weight excluding hydrogens is 250 g/mol. The predicted molar refractivity (Wildman–Crippen MR) is 80.0 cm³/mol. The van der Waals surface area contributed by atoms with Crippen molar-refractivity contribution in [2.75, 3.05) is 0 Å². The number of hydrogen-bond donors (Lipinski definition) is 1. The molecule has 110 valence electrons. The first-order valence-electron chi connectivity index (χ1n) is 7.72. The van der Waals surface area contributed by atoms with Crippen molar-refractivity contribution in [3.63, 3.8) is 0 Å². The van der Waals surface area contributed by atoms with Gasteiger partial charge in [-0.25, -0.2) is 0 Å². The van der Waals surface area contributed by atoms with Crippen LogP contribution in [0.3, 0.4) is 0 Å². The highest BCUT2D eigenvalue weighted by molar-refractivity contribution is 5.75. The van der Waals surface area contributed by atoms with Gasteiger partial charge in [-0.3, -0.25) is 4.79 Å². The van der Waals surface area contributed by atoms with Crippen LogP contribution in [0.4, 0.5) is 0 Å². The zero-order valence-electron chi connectivity index (χ0n) is 12.1. The van der Waals surface area contributed by atoms with Crippen molar-refractivity contribution in [2.45, 2.75) is 57.6 Å². The first-order chi connectivity index (χ1) is 9.75. The minimum Gasteiger partial charge on any atom is -0.460 e. The first kappa shape index (κ1) is 15.0. The Morgan fingerprint density at radius 1 is 1.20 bits per heavy atom. The molecule has 1 atom stereocenters. The molecule has 0 aromatic heterocycles. The average molecular weight is 275 g/mol. The molecule has 0 heterocycles. The van der Waals surface area contributed by atoms with E-state index < -0.39 is 6.04 Å². The van der Waals surface area contributed by atoms with Crippen molar-refractivity contribution < 1.29 is 9.53 Å². The van der Waals surface area contributed by atoms with Gasteiger partial charge in [-0.15, -0.1) is 0 Å². The molecule has 2 rings (SSSR count). The summed E-state index contributed by atoms with van der Waals surface area (Å²) in [5, 5.41) is 0. The zero-order chi connectivity index (χ0) is 14.2. The Balaban J connectivity index is 1.66. The Kier molecular flexibility index (Phi) is 6.06. The van der Waals surface area contributed by atoms with E-state index in [0.29, 0.717) is 6.61 Å². The van der Waals surface area contributed by atoms with Crippen LogP contribution >= 0.6 is 0 Å². The quantitative estimate of drug-likeness (QED) is 0.809. The molecule has 1 aliphatic rings. The van der Waals surface area contributed by atoms with Gasteiger partial charge in [0.05, 0.1) is 0 Å². The van der Waals surface area contributed by atoms with Crippen LogP contribution < -0.4 is 5.73 Å². The Morgan fingerprint density at radius 2 is 1.90 bits per heavy atom. The van der Waals surface area contributed by atoms with Gasteiger partial charge in [-0.05, 0) is 24.3 Å². The lowest BCUT2D eigenvalue weighted by Gasteiger charge is -2.22. The topological polar surface area (TPSA) is 52.3 Å². The summed E-state index contributed by atoms with van der Waals surface area (Å²) < 4.78 is 5.27. The number of esters is 1. The third-order valence-electron chi connectivity index (χ3n) is 4.14. The Bertz CT molecular complexity index is 399. The minimum atomic E-state index is -0.472. The smallest absolute Gasteiger partial charge is 0.323 e. The fourth-order valence-electron chi connectivity index (χ4n) is 2.84. The van der Waals surface area contributed by atoms with Crippen molar-refractivity contribution >= 4 is 5.97 Å². The number of ether oxygens (including phenoxy) is 1. The van der Waals surface area contributed by atoms with Crippen LogP contribution in [0.25, 0.3) is 0 Å². The number of carbonyl (C=O) groups is 1. The Hall–Kier alpha value is -1.35. The van der Waals surface area contributed by atoms with E-state index in [1.165, 1.54) is 32.1 Å². The van der Waals surface area contributed by atoms with Gasteiger partial charge in [-0.1, -0.05) is 62.4 Å². The highest BCUT2D eigenvalue weighted by atomic mass is 16.5. The van der Waals surface area contributed by atoms with Gasteiger partial charge in [0.2, 0.25) is 0 Å². The fourth-order valence-corrected chi connectivity index (χ4v) is 2.84. The van der Waals surface area contributed by atoms with E-state index >= 15 is 0 Å². The van der Waals surface area contributed by atoms with E-state index in [4.69, 9.17) is 10.5 Å². The Labute approximate surface area is 121 Å². The lowest BCUT2D eigenvalue weighted by Crippen LogP contribution is -2.32. The van der Waals surface area contributed by atoms with E-state index in [0.717, 1.165) is 24.3 Å². The third-order valence-corrected chi connectivity index (χ3v) is 4.14. The molecule has 1 aromatic rings. The van der Waals surface area contributed by atoms with Gasteiger partial charge >= 0.3 is 5.97 Å². The molecule has 1 fully saturated rings. The summed E-state index contributed by atoms with van der Waals surface area (Å²) in [5.41, 5.74) is 6.92. The zero-order valence-corrected chi connectivity index (χ0v) is 12.1. The number of benzene rings is 1. The van der Waals surface area contributed by atoms with Crippen molar-refractivity contribution in [3.8, 4) is 0 Å². The molecule has 1 aliphatic carbocycles. The molecule has 0 amide bonds. The van der Waals surface area contributed by atoms with Crippen molar-refractivity contribution in [3.05, 3.63) is 35.9 Å². The lowest BCUT2D eigenvalue weighted by atomic mass is 9.85. The molecule has 1 aromatic carbocycles. The first-order valence-corrected chi connectivity index (χ1v) is 7.72. The maximum Gasteiger partial charge on any atom is 0.323 e. The molecule has 0 saturated heterocycles. The van der Waals surface area contributed by atoms with E-state index in [1.54, 1.807) is 0 Å². The van der Waals surface area contributed by atoms with Crippen molar-refractivity contribution in [1.29, 1.82) is 0 Å². The van der Waals surface area contributed by atoms with Gasteiger partial charge in [-0.2, -0.15) is 0 Å². The molecule has 3 heteroatoms. The van der Waals surface area contributed by atoms with E-state index in [1.807, 2.05) is 30.3 Å². The summed E-state index contributed by atoms with van der Waals surface area (Å²) in [6.07, 6.45) is 8.43. The molecule has 20 heavy (non-hydrogen) atoms. The standard InChI is InChI=1S/C17H25NO2/c18-16(12-11-14-7-3-1-4-8-14)17(19)20-13-15-9-5-2-6-10-15/h2,5-6,9-10,14,16H,1,3-4,7-8,11-13,18H2. The maximum absolute atomic E-state index is 11.8. The van der Waals surface area contributed by atoms with Crippen LogP contribution in [-0.2, 0) is 16.1 Å². The summed E-state index contributed by atoms with van der Waals surface area (Å²) >= 11 is 0. The molecule has 0 radical (unpaired) electrons. The summed E-state index contributed by atoms with van der Waals surface area (Å²) in [6, 6.07) is 9.24. The van der Waals surface area contributed by atoms with Crippen LogP contribution in [0.5, 0.6) is 0 Å². The summed E-state index contributed by atoms with van der Waals surface area (Å²) in [5.74, 6) is 0.487. The highest BCUT2D eigenvalue weighted by Gasteiger charge is 2.19. The van der Waals surface area contributed by atoms with Crippen molar-refractivity contribution in [2.24, 2.45) is 11.7 Å². The van der Waals surface area contributed by atoms with Gasteiger partial charge in [0, 0.05) is 0 Å². The molecular formula is C17H25NO2. The van der Waals surface area contributed by atoms with Crippen LogP contribution in [-0.4, -0.2) is 12.0 Å². The van der Waals surface area contributed by atoms with Crippen LogP contribution in [0.2, 0.25) is 0 Å². The lowest BCUT2D eigenvalue weighted by molar-refractivity contribution is -0.146. The van der Waals surface area contributed by atoms with E-state index in [2.05, 4.69) is 0 Å². The predicted octanol–water partition coefficient (Wildman–Crippen LogP) is 3.42. The van der Waals surface area contributed by atoms with E-state index in [9.17, 15) is 4.79 Å². The average Bonchev–Trinajstić information content (AvgIpc) is 2.52. The summed E-state index contributed by atoms with van der Waals surface area (Å²) in [7, 11) is 0. The molecule has 1 saturated carbocycles. The van der Waals surface area contributed by atoms with Crippen LogP contribution in [0.1, 0.15) is 50.5 Å². The van der Waals surface area contributed by atoms with Gasteiger partial charge in [0.1, 0.15) is 12.6 Å². The SMILES string of the molecule is NC(CCC1CCCCC1)C(=O)OCc1ccccc1. The largest absolute Gasteiger partial charge is 0.460 e. The molecule has 0 bridgehead atoms. The Morgan fingerprint density at radius 3 is 2.60 bits per heavy atom. The number of carbonyl (C=O) groups excluding carboxylic acids is 1. The van der Waals surface area contributed by atoms with Crippen LogP contribution in [0, 0.1) is 5.92 Å². The minimum absolute atomic E-state index is 0.273. The van der Waals surface area contributed by atoms with Gasteiger partial charge in [0.15, 0.2) is 0 Å². The summed E-state index contributed by atoms with van der Waals surface area (Å²) in [4.78, 5) is 11.8. The monoisotopic (exact) mass is 275 g/mol. The third kappa shape index (κ3) is 4.97. The molecule has 3 nitrogen and oxygen atoms in total. The molecule has 0 spiro atoms. The second-order valence-corrected chi connectivity index (χ2v) is 5.78. The number of hydrogen-bond acceptors (Lipinski definition) is 3. The number of nitrogens with two attached hydrogens (primary N) is 1. The normalized spacial score (nSPS) is 17.6. The van der Waals surface area contributed by atoms with Gasteiger partial charge < -0.3 is 10.5 Å². The fraction of sp³-hybridized carbons (Fsp3) is 0.588. The molecule has 2 N–H and O–H groups in total. The van der Waals surface area contributed by atoms with Crippen molar-refractivity contribution in [1.82, 2.24) is 0 Å².